The Labute approximate surface area is 69.0 Å². The maximum Gasteiger partial charge on any atom is 0.266 e. The summed E-state index contributed by atoms with van der Waals surface area (Å²) in [6, 6.07) is 1.31. The zero-order valence-corrected chi connectivity index (χ0v) is 6.87. The lowest BCUT2D eigenvalue weighted by molar-refractivity contribution is -0.116. The molecular weight excluding hydrogens is 158 g/mol. The predicted molar refractivity (Wildman–Crippen MR) is 43.9 cm³/mol. The van der Waals surface area contributed by atoms with Crippen LogP contribution in [0.4, 0.5) is 5.69 Å². The van der Waals surface area contributed by atoms with E-state index in [1.54, 1.807) is 7.05 Å². The molecule has 0 atom stereocenters. The molecule has 0 radical (unpaired) electrons. The SMILES string of the molecule is CC(=O)N(C)c1cn[nH]c(=O)c1. The minimum atomic E-state index is -0.319. The molecule has 64 valence electrons. The number of carbonyl (C=O) groups is 1. The van der Waals surface area contributed by atoms with Crippen molar-refractivity contribution in [1.82, 2.24) is 10.2 Å². The molecule has 5 heteroatoms. The van der Waals surface area contributed by atoms with Gasteiger partial charge >= 0.3 is 0 Å². The smallest absolute Gasteiger partial charge is 0.266 e. The molecule has 0 aliphatic rings. The predicted octanol–water partition coefficient (Wildman–Crippen LogP) is -0.247. The molecule has 0 spiro atoms. The number of hydrogen-bond donors (Lipinski definition) is 1. The van der Waals surface area contributed by atoms with Crippen molar-refractivity contribution >= 4 is 11.6 Å². The molecule has 12 heavy (non-hydrogen) atoms. The molecule has 0 fully saturated rings. The number of anilines is 1. The number of rotatable bonds is 1. The number of amides is 1. The van der Waals surface area contributed by atoms with Crippen molar-refractivity contribution in [3.63, 3.8) is 0 Å². The zero-order valence-electron chi connectivity index (χ0n) is 6.87. The molecular formula is C7H9N3O2. The van der Waals surface area contributed by atoms with Gasteiger partial charge in [0.1, 0.15) is 0 Å². The maximum absolute atomic E-state index is 10.8. The molecule has 0 aliphatic carbocycles. The van der Waals surface area contributed by atoms with Crippen LogP contribution in [0.25, 0.3) is 0 Å². The van der Waals surface area contributed by atoms with Crippen LogP contribution in [-0.4, -0.2) is 23.2 Å². The van der Waals surface area contributed by atoms with Crippen LogP contribution >= 0.6 is 0 Å². The fourth-order valence-corrected chi connectivity index (χ4v) is 0.731. The molecule has 0 aromatic carbocycles. The summed E-state index contributed by atoms with van der Waals surface area (Å²) >= 11 is 0. The van der Waals surface area contributed by atoms with Gasteiger partial charge in [-0.2, -0.15) is 5.10 Å². The van der Waals surface area contributed by atoms with Gasteiger partial charge in [0.15, 0.2) is 0 Å². The number of nitrogens with zero attached hydrogens (tertiary/aromatic N) is 2. The lowest BCUT2D eigenvalue weighted by Gasteiger charge is -2.12. The molecule has 0 saturated heterocycles. The van der Waals surface area contributed by atoms with Gasteiger partial charge in [-0.15, -0.1) is 0 Å². The van der Waals surface area contributed by atoms with Crippen molar-refractivity contribution in [2.45, 2.75) is 6.92 Å². The number of nitrogens with one attached hydrogen (secondary N) is 1. The van der Waals surface area contributed by atoms with Gasteiger partial charge in [-0.25, -0.2) is 5.10 Å². The first-order valence-electron chi connectivity index (χ1n) is 3.40. The molecule has 0 aliphatic heterocycles. The Bertz CT molecular complexity index is 345. The van der Waals surface area contributed by atoms with E-state index >= 15 is 0 Å². The van der Waals surface area contributed by atoms with Crippen LogP contribution in [0.3, 0.4) is 0 Å². The monoisotopic (exact) mass is 167 g/mol. The summed E-state index contributed by atoms with van der Waals surface area (Å²) < 4.78 is 0. The van der Waals surface area contributed by atoms with Crippen LogP contribution in [-0.2, 0) is 4.79 Å². The molecule has 1 amide bonds. The Hall–Kier alpha value is -1.65. The third-order valence-corrected chi connectivity index (χ3v) is 1.51. The average Bonchev–Trinajstić information content (AvgIpc) is 2.03. The van der Waals surface area contributed by atoms with Gasteiger partial charge in [0.05, 0.1) is 11.9 Å². The number of aromatic amines is 1. The molecule has 0 bridgehead atoms. The second-order valence-electron chi connectivity index (χ2n) is 2.38. The Morgan fingerprint density at radius 2 is 2.33 bits per heavy atom. The summed E-state index contributed by atoms with van der Waals surface area (Å²) in [6.07, 6.45) is 1.42. The van der Waals surface area contributed by atoms with E-state index in [0.29, 0.717) is 5.69 Å². The van der Waals surface area contributed by atoms with Crippen molar-refractivity contribution in [2.75, 3.05) is 11.9 Å². The Morgan fingerprint density at radius 3 is 2.83 bits per heavy atom. The lowest BCUT2D eigenvalue weighted by Crippen LogP contribution is -2.24. The molecule has 5 nitrogen and oxygen atoms in total. The third kappa shape index (κ3) is 1.69. The highest BCUT2D eigenvalue weighted by molar-refractivity contribution is 5.90. The number of aromatic nitrogens is 2. The van der Waals surface area contributed by atoms with Gasteiger partial charge in [0, 0.05) is 20.0 Å². The first-order chi connectivity index (χ1) is 5.61. The highest BCUT2D eigenvalue weighted by Gasteiger charge is 2.04. The lowest BCUT2D eigenvalue weighted by atomic mass is 10.4. The summed E-state index contributed by atoms with van der Waals surface area (Å²) in [7, 11) is 1.58. The van der Waals surface area contributed by atoms with Gasteiger partial charge in [-0.1, -0.05) is 0 Å². The minimum absolute atomic E-state index is 0.137. The van der Waals surface area contributed by atoms with Crippen LogP contribution in [0.1, 0.15) is 6.92 Å². The van der Waals surface area contributed by atoms with Gasteiger partial charge in [0.2, 0.25) is 5.91 Å². The molecule has 1 rings (SSSR count). The van der Waals surface area contributed by atoms with Gasteiger partial charge < -0.3 is 4.90 Å². The fraction of sp³-hybridized carbons (Fsp3) is 0.286. The van der Waals surface area contributed by atoms with E-state index in [-0.39, 0.29) is 11.5 Å². The normalized spacial score (nSPS) is 9.50. The standard InChI is InChI=1S/C7H9N3O2/c1-5(11)10(2)6-3-7(12)9-8-4-6/h3-4H,1-2H3,(H,9,12). The number of hydrogen-bond acceptors (Lipinski definition) is 3. The van der Waals surface area contributed by atoms with Crippen LogP contribution in [0.15, 0.2) is 17.1 Å². The van der Waals surface area contributed by atoms with Crippen molar-refractivity contribution < 1.29 is 4.79 Å². The maximum atomic E-state index is 10.8. The van der Waals surface area contributed by atoms with Crippen LogP contribution in [0.2, 0.25) is 0 Å². The Balaban J connectivity index is 3.03. The van der Waals surface area contributed by atoms with Gasteiger partial charge in [-0.05, 0) is 0 Å². The second-order valence-corrected chi connectivity index (χ2v) is 2.38. The van der Waals surface area contributed by atoms with Crippen molar-refractivity contribution in [3.8, 4) is 0 Å². The highest BCUT2D eigenvalue weighted by Crippen LogP contribution is 2.05. The van der Waals surface area contributed by atoms with Crippen molar-refractivity contribution in [1.29, 1.82) is 0 Å². The third-order valence-electron chi connectivity index (χ3n) is 1.51. The van der Waals surface area contributed by atoms with E-state index in [4.69, 9.17) is 0 Å². The first-order valence-corrected chi connectivity index (χ1v) is 3.40. The summed E-state index contributed by atoms with van der Waals surface area (Å²) in [4.78, 5) is 23.0. The van der Waals surface area contributed by atoms with E-state index in [1.807, 2.05) is 0 Å². The van der Waals surface area contributed by atoms with E-state index in [0.717, 1.165) is 0 Å². The fourth-order valence-electron chi connectivity index (χ4n) is 0.731. The zero-order chi connectivity index (χ0) is 9.14. The highest BCUT2D eigenvalue weighted by atomic mass is 16.2. The van der Waals surface area contributed by atoms with Crippen molar-refractivity contribution in [2.24, 2.45) is 0 Å². The van der Waals surface area contributed by atoms with Gasteiger partial charge in [0.25, 0.3) is 5.56 Å². The van der Waals surface area contributed by atoms with E-state index in [9.17, 15) is 9.59 Å². The Kier molecular flexibility index (Phi) is 2.23. The summed E-state index contributed by atoms with van der Waals surface area (Å²) in [5.41, 5.74) is 0.173. The topological polar surface area (TPSA) is 66.1 Å². The minimum Gasteiger partial charge on any atom is -0.314 e. The molecule has 1 heterocycles. The molecule has 1 aromatic rings. The van der Waals surface area contributed by atoms with E-state index in [1.165, 1.54) is 24.1 Å². The number of H-pyrrole nitrogens is 1. The van der Waals surface area contributed by atoms with Gasteiger partial charge in [-0.3, -0.25) is 9.59 Å². The Morgan fingerprint density at radius 1 is 1.67 bits per heavy atom. The summed E-state index contributed by atoms with van der Waals surface area (Å²) in [5, 5.41) is 5.78. The van der Waals surface area contributed by atoms with E-state index in [2.05, 4.69) is 10.2 Å². The first kappa shape index (κ1) is 8.45. The summed E-state index contributed by atoms with van der Waals surface area (Å²) in [6.45, 7) is 1.42. The number of carbonyl (C=O) groups excluding carboxylic acids is 1. The van der Waals surface area contributed by atoms with Crippen LogP contribution < -0.4 is 10.5 Å². The van der Waals surface area contributed by atoms with Crippen molar-refractivity contribution in [3.05, 3.63) is 22.6 Å². The van der Waals surface area contributed by atoms with E-state index < -0.39 is 0 Å². The molecule has 1 aromatic heterocycles. The second kappa shape index (κ2) is 3.17. The quantitative estimate of drug-likeness (QED) is 0.627. The molecule has 0 saturated carbocycles. The molecule has 0 unspecified atom stereocenters. The largest absolute Gasteiger partial charge is 0.314 e. The van der Waals surface area contributed by atoms with Crippen LogP contribution in [0.5, 0.6) is 0 Å². The average molecular weight is 167 g/mol. The van der Waals surface area contributed by atoms with Crippen LogP contribution in [0, 0.1) is 0 Å². The summed E-state index contributed by atoms with van der Waals surface area (Å²) in [5.74, 6) is -0.137. The molecule has 1 N–H and O–H groups in total.